The minimum Gasteiger partial charge on any atom is -0.491 e. The topological polar surface area (TPSA) is 81.6 Å². The molecule has 1 aromatic carbocycles. The molecule has 0 radical (unpaired) electrons. The Kier molecular flexibility index (Phi) is 5.64. The van der Waals surface area contributed by atoms with Crippen molar-refractivity contribution in [2.75, 3.05) is 19.7 Å². The first-order chi connectivity index (χ1) is 16.6. The van der Waals surface area contributed by atoms with Crippen LogP contribution in [0, 0.1) is 5.82 Å². The Morgan fingerprint density at radius 1 is 1.17 bits per heavy atom. The number of nitrogens with two attached hydrogens (primary N) is 1. The Labute approximate surface area is 198 Å². The molecule has 1 fully saturated rings. The average Bonchev–Trinajstić information content (AvgIpc) is 3.36. The normalized spacial score (nSPS) is 20.1. The van der Waals surface area contributed by atoms with Gasteiger partial charge in [0.2, 0.25) is 0 Å². The predicted octanol–water partition coefficient (Wildman–Crippen LogP) is 4.51. The van der Waals surface area contributed by atoms with Crippen molar-refractivity contribution in [3.63, 3.8) is 0 Å². The maximum absolute atomic E-state index is 14.2. The lowest BCUT2D eigenvalue weighted by molar-refractivity contribution is -0.184. The van der Waals surface area contributed by atoms with Crippen LogP contribution >= 0.6 is 0 Å². The lowest BCUT2D eigenvalue weighted by atomic mass is 10.0. The van der Waals surface area contributed by atoms with Crippen molar-refractivity contribution in [1.82, 2.24) is 24.5 Å². The van der Waals surface area contributed by atoms with Crippen LogP contribution in [0.2, 0.25) is 0 Å². The van der Waals surface area contributed by atoms with E-state index < -0.39 is 23.6 Å². The Morgan fingerprint density at radius 3 is 2.66 bits per heavy atom. The van der Waals surface area contributed by atoms with Gasteiger partial charge in [0.15, 0.2) is 23.0 Å². The van der Waals surface area contributed by atoms with E-state index in [1.165, 1.54) is 39.8 Å². The lowest BCUT2D eigenvalue weighted by Gasteiger charge is -2.31. The molecule has 1 aliphatic heterocycles. The fourth-order valence-corrected chi connectivity index (χ4v) is 4.61. The molecule has 4 heterocycles. The molecule has 5 rings (SSSR count). The molecule has 11 heteroatoms. The second kappa shape index (κ2) is 8.42. The van der Waals surface area contributed by atoms with E-state index in [1.54, 1.807) is 26.0 Å². The summed E-state index contributed by atoms with van der Waals surface area (Å²) in [7, 11) is 0. The second-order valence-corrected chi connectivity index (χ2v) is 9.14. The van der Waals surface area contributed by atoms with Crippen LogP contribution in [0.15, 0.2) is 42.6 Å². The third-order valence-electron chi connectivity index (χ3n) is 6.22. The first kappa shape index (κ1) is 23.4. The van der Waals surface area contributed by atoms with Gasteiger partial charge in [0, 0.05) is 36.3 Å². The number of rotatable bonds is 5. The zero-order chi connectivity index (χ0) is 25.0. The minimum absolute atomic E-state index is 0.0604. The zero-order valence-corrected chi connectivity index (χ0v) is 19.2. The summed E-state index contributed by atoms with van der Waals surface area (Å²) in [5.41, 5.74) is 6.73. The number of hydrogen-bond acceptors (Lipinski definition) is 6. The Balaban J connectivity index is 1.58. The van der Waals surface area contributed by atoms with E-state index in [0.717, 1.165) is 0 Å². The standard InChI is InChI=1S/C24H24F4N6O/c1-3-35-19-11-18-14(10-16(19)25)4-6-17(30-18)22-32-31-20-7-5-15(12-34(20)22)21(24(26,27)28)33-9-8-23(2,29)13-33/h4-7,10-12,21H,3,8-9,13,29H2,1-2H3/t21-,23-/m1/s1. The molecule has 7 nitrogen and oxygen atoms in total. The molecule has 0 saturated carbocycles. The number of pyridine rings is 2. The van der Waals surface area contributed by atoms with Crippen LogP contribution in [0.1, 0.15) is 31.9 Å². The molecular weight excluding hydrogens is 464 g/mol. The van der Waals surface area contributed by atoms with Gasteiger partial charge >= 0.3 is 6.18 Å². The van der Waals surface area contributed by atoms with E-state index in [2.05, 4.69) is 15.2 Å². The summed E-state index contributed by atoms with van der Waals surface area (Å²) < 4.78 is 63.6. The van der Waals surface area contributed by atoms with Crippen molar-refractivity contribution in [3.8, 4) is 17.3 Å². The van der Waals surface area contributed by atoms with Crippen molar-refractivity contribution in [2.45, 2.75) is 38.0 Å². The highest BCUT2D eigenvalue weighted by Gasteiger charge is 2.48. The van der Waals surface area contributed by atoms with Gasteiger partial charge in [-0.2, -0.15) is 13.2 Å². The molecule has 4 aromatic rings. The van der Waals surface area contributed by atoms with Gasteiger partial charge < -0.3 is 10.5 Å². The van der Waals surface area contributed by atoms with Crippen molar-refractivity contribution >= 4 is 16.6 Å². The molecule has 3 aromatic heterocycles. The number of nitrogens with zero attached hydrogens (tertiary/aromatic N) is 5. The number of fused-ring (bicyclic) bond motifs is 2. The van der Waals surface area contributed by atoms with Gasteiger partial charge in [0.25, 0.3) is 0 Å². The van der Waals surface area contributed by atoms with Gasteiger partial charge in [-0.25, -0.2) is 9.37 Å². The second-order valence-electron chi connectivity index (χ2n) is 9.14. The van der Waals surface area contributed by atoms with Crippen LogP contribution in [0.5, 0.6) is 5.75 Å². The molecule has 1 saturated heterocycles. The summed E-state index contributed by atoms with van der Waals surface area (Å²) in [6.07, 6.45) is -2.62. The highest BCUT2D eigenvalue weighted by Crippen LogP contribution is 2.41. The van der Waals surface area contributed by atoms with Crippen molar-refractivity contribution in [3.05, 3.63) is 54.0 Å². The van der Waals surface area contributed by atoms with E-state index >= 15 is 0 Å². The van der Waals surface area contributed by atoms with Gasteiger partial charge in [0.05, 0.1) is 12.1 Å². The van der Waals surface area contributed by atoms with Crippen LogP contribution < -0.4 is 10.5 Å². The smallest absolute Gasteiger partial charge is 0.408 e. The van der Waals surface area contributed by atoms with Crippen molar-refractivity contribution in [2.24, 2.45) is 5.73 Å². The first-order valence-electron chi connectivity index (χ1n) is 11.2. The summed E-state index contributed by atoms with van der Waals surface area (Å²) in [6, 6.07) is 7.23. The predicted molar refractivity (Wildman–Crippen MR) is 122 cm³/mol. The molecule has 0 bridgehead atoms. The van der Waals surface area contributed by atoms with E-state index in [4.69, 9.17) is 10.5 Å². The molecule has 0 amide bonds. The lowest BCUT2D eigenvalue weighted by Crippen LogP contribution is -2.43. The number of hydrogen-bond donors (Lipinski definition) is 1. The van der Waals surface area contributed by atoms with E-state index in [1.807, 2.05) is 0 Å². The molecule has 184 valence electrons. The summed E-state index contributed by atoms with van der Waals surface area (Å²) in [5, 5.41) is 8.81. The summed E-state index contributed by atoms with van der Waals surface area (Å²) in [6.45, 7) is 4.18. The highest BCUT2D eigenvalue weighted by atomic mass is 19.4. The van der Waals surface area contributed by atoms with Crippen LogP contribution in [-0.4, -0.2) is 55.9 Å². The number of halogens is 4. The molecule has 0 unspecified atom stereocenters. The fraction of sp³-hybridized carbons (Fsp3) is 0.375. The summed E-state index contributed by atoms with van der Waals surface area (Å²) in [5.74, 6) is -0.152. The van der Waals surface area contributed by atoms with Gasteiger partial charge in [0.1, 0.15) is 11.7 Å². The van der Waals surface area contributed by atoms with Crippen LogP contribution in [0.3, 0.4) is 0 Å². The Bertz CT molecular complexity index is 1400. The monoisotopic (exact) mass is 488 g/mol. The Hall–Kier alpha value is -3.31. The van der Waals surface area contributed by atoms with Gasteiger partial charge in [-0.1, -0.05) is 12.1 Å². The summed E-state index contributed by atoms with van der Waals surface area (Å²) >= 11 is 0. The minimum atomic E-state index is -4.50. The number of aromatic nitrogens is 4. The van der Waals surface area contributed by atoms with Crippen LogP contribution in [0.4, 0.5) is 17.6 Å². The first-order valence-corrected chi connectivity index (χ1v) is 11.2. The Morgan fingerprint density at radius 2 is 1.97 bits per heavy atom. The molecule has 2 atom stereocenters. The fourth-order valence-electron chi connectivity index (χ4n) is 4.61. The van der Waals surface area contributed by atoms with Crippen LogP contribution in [-0.2, 0) is 0 Å². The third-order valence-corrected chi connectivity index (χ3v) is 6.22. The van der Waals surface area contributed by atoms with E-state index in [9.17, 15) is 17.6 Å². The van der Waals surface area contributed by atoms with Crippen molar-refractivity contribution in [1.29, 1.82) is 0 Å². The van der Waals surface area contributed by atoms with E-state index in [0.29, 0.717) is 35.3 Å². The third kappa shape index (κ3) is 4.41. The number of likely N-dealkylation sites (tertiary alicyclic amines) is 1. The van der Waals surface area contributed by atoms with Crippen molar-refractivity contribution < 1.29 is 22.3 Å². The van der Waals surface area contributed by atoms with E-state index in [-0.39, 0.29) is 30.2 Å². The molecular formula is C24H24F4N6O. The highest BCUT2D eigenvalue weighted by molar-refractivity contribution is 5.82. The molecule has 1 aliphatic rings. The number of ether oxygens (including phenoxy) is 1. The molecule has 35 heavy (non-hydrogen) atoms. The maximum atomic E-state index is 14.2. The maximum Gasteiger partial charge on any atom is 0.408 e. The number of benzene rings is 1. The van der Waals surface area contributed by atoms with Gasteiger partial charge in [-0.15, -0.1) is 10.2 Å². The van der Waals surface area contributed by atoms with Crippen LogP contribution in [0.25, 0.3) is 28.1 Å². The van der Waals surface area contributed by atoms with Gasteiger partial charge in [-0.3, -0.25) is 9.30 Å². The number of alkyl halides is 3. The van der Waals surface area contributed by atoms with Gasteiger partial charge in [-0.05, 0) is 44.0 Å². The largest absolute Gasteiger partial charge is 0.491 e. The zero-order valence-electron chi connectivity index (χ0n) is 19.2. The average molecular weight is 488 g/mol. The molecule has 0 aliphatic carbocycles. The SMILES string of the molecule is CCOc1cc2nc(-c3nnc4ccc([C@@H](N5CC[C@@](C)(N)C5)C(F)(F)F)cn34)ccc2cc1F. The quantitative estimate of drug-likeness (QED) is 0.417. The summed E-state index contributed by atoms with van der Waals surface area (Å²) in [4.78, 5) is 5.92. The molecule has 0 spiro atoms. The molecule has 2 N–H and O–H groups in total.